The summed E-state index contributed by atoms with van der Waals surface area (Å²) in [4.78, 5) is 0.869. The number of anilines is 3. The lowest BCUT2D eigenvalue weighted by molar-refractivity contribution is 0.660. The smallest absolute Gasteiger partial charge is 0.143 e. The van der Waals surface area contributed by atoms with Gasteiger partial charge in [-0.2, -0.15) is 0 Å². The lowest BCUT2D eigenvalue weighted by Gasteiger charge is -2.30. The molecule has 0 amide bonds. The Hall–Kier alpha value is -7.16. The lowest BCUT2D eigenvalue weighted by atomic mass is 9.82. The van der Waals surface area contributed by atoms with E-state index in [1.165, 1.54) is 12.1 Å². The van der Waals surface area contributed by atoms with Gasteiger partial charge in [-0.1, -0.05) is 167 Å². The fourth-order valence-corrected chi connectivity index (χ4v) is 8.75. The minimum atomic E-state index is -3.85. The van der Waals surface area contributed by atoms with Gasteiger partial charge in [0.2, 0.25) is 0 Å². The van der Waals surface area contributed by atoms with Crippen molar-refractivity contribution in [3.8, 4) is 44.5 Å². The second-order valence-corrected chi connectivity index (χ2v) is 14.9. The van der Waals surface area contributed by atoms with Crippen LogP contribution in [0.1, 0.15) is 83.9 Å². The van der Waals surface area contributed by atoms with Crippen LogP contribution in [0.25, 0.3) is 77.2 Å². The Morgan fingerprint density at radius 1 is 0.450 bits per heavy atom. The Labute approximate surface area is 386 Å². The second-order valence-electron chi connectivity index (χ2n) is 14.9. The molecule has 0 unspecified atom stereocenters. The summed E-state index contributed by atoms with van der Waals surface area (Å²) in [5.74, 6) is 0. The van der Waals surface area contributed by atoms with Crippen molar-refractivity contribution in [3.63, 3.8) is 0 Å². The first-order valence-electron chi connectivity index (χ1n) is 31.5. The molecule has 0 bridgehead atoms. The summed E-state index contributed by atoms with van der Waals surface area (Å²) in [7, 11) is 0. The SMILES string of the molecule is [2H]c1cc(N(c2ccc(-c3cc4c(oc5cccc(-c6ccccc6)c54)c4ccccc34)cc2)c2c([2H])c([2H])c3c(c2[2H])C(C([2H])([2H])[2H])(C([2H])([2H])[2H])c2c([2H])c([2H])c([2H])c([2H])c2-3)c([2H])c2c1-c1c([2H])c([2H])c([2H])c([2H])c1C2(C([2H])([2H])[2H])C([2H])([2H])[2H]. The van der Waals surface area contributed by atoms with E-state index in [9.17, 15) is 6.85 Å². The summed E-state index contributed by atoms with van der Waals surface area (Å²) in [5.41, 5.74) is -11.7. The summed E-state index contributed by atoms with van der Waals surface area (Å²) < 4.78 is 235. The number of nitrogens with zero attached hydrogens (tertiary/aromatic N) is 1. The van der Waals surface area contributed by atoms with Crippen LogP contribution in [0, 0.1) is 0 Å². The van der Waals surface area contributed by atoms with Gasteiger partial charge in [-0.3, -0.25) is 0 Å². The third kappa shape index (κ3) is 4.94. The molecule has 0 saturated heterocycles. The van der Waals surface area contributed by atoms with Crippen molar-refractivity contribution in [2.24, 2.45) is 0 Å². The Balaban J connectivity index is 1.21. The molecule has 2 heteroatoms. The van der Waals surface area contributed by atoms with Crippen LogP contribution in [0.15, 0.2) is 192 Å². The van der Waals surface area contributed by atoms with E-state index in [0.29, 0.717) is 27.7 Å². The summed E-state index contributed by atoms with van der Waals surface area (Å²) >= 11 is 0. The fraction of sp³-hybridized carbons (Fsp3) is 0.103. The van der Waals surface area contributed by atoms with Crippen molar-refractivity contribution < 1.29 is 38.7 Å². The molecule has 12 rings (SSSR count). The largest absolute Gasteiger partial charge is 0.455 e. The molecule has 10 aromatic rings. The molecule has 0 N–H and O–H groups in total. The van der Waals surface area contributed by atoms with Gasteiger partial charge in [0.15, 0.2) is 0 Å². The molecule has 2 aliphatic rings. The molecule has 0 radical (unpaired) electrons. The van der Waals surface area contributed by atoms with Crippen molar-refractivity contribution in [3.05, 3.63) is 210 Å². The highest BCUT2D eigenvalue weighted by Crippen LogP contribution is 2.53. The maximum Gasteiger partial charge on any atom is 0.143 e. The molecule has 9 aromatic carbocycles. The maximum absolute atomic E-state index is 10.2. The van der Waals surface area contributed by atoms with Crippen molar-refractivity contribution >= 4 is 49.8 Å². The van der Waals surface area contributed by atoms with Gasteiger partial charge in [0.05, 0.1) is 17.8 Å². The molecule has 1 aromatic heterocycles. The van der Waals surface area contributed by atoms with E-state index in [2.05, 4.69) is 0 Å². The monoisotopic (exact) mass is 794 g/mol. The van der Waals surface area contributed by atoms with Crippen molar-refractivity contribution in [2.45, 2.75) is 38.2 Å². The van der Waals surface area contributed by atoms with Gasteiger partial charge in [-0.15, -0.1) is 0 Å². The van der Waals surface area contributed by atoms with E-state index in [1.807, 2.05) is 78.9 Å². The van der Waals surface area contributed by atoms with Crippen LogP contribution in [-0.4, -0.2) is 0 Å². The Kier molecular flexibility index (Phi) is 3.80. The average Bonchev–Trinajstić information content (AvgIpc) is 1.53. The van der Waals surface area contributed by atoms with E-state index in [1.54, 1.807) is 12.1 Å². The van der Waals surface area contributed by atoms with Gasteiger partial charge in [0.1, 0.15) is 11.2 Å². The average molecular weight is 795 g/mol. The third-order valence-corrected chi connectivity index (χ3v) is 11.5. The third-order valence-electron chi connectivity index (χ3n) is 11.5. The Morgan fingerprint density at radius 3 is 1.78 bits per heavy atom. The van der Waals surface area contributed by atoms with Crippen LogP contribution in [0.4, 0.5) is 17.1 Å². The molecule has 286 valence electrons. The van der Waals surface area contributed by atoms with Crippen LogP contribution in [0.3, 0.4) is 0 Å². The van der Waals surface area contributed by atoms with Gasteiger partial charge < -0.3 is 9.32 Å². The van der Waals surface area contributed by atoms with E-state index in [4.69, 9.17) is 31.8 Å². The van der Waals surface area contributed by atoms with Gasteiger partial charge >= 0.3 is 0 Å². The molecule has 0 aliphatic heterocycles. The normalized spacial score (nSPS) is 21.1. The van der Waals surface area contributed by atoms with Gasteiger partial charge in [0, 0.05) is 60.5 Å². The highest BCUT2D eigenvalue weighted by Gasteiger charge is 2.37. The topological polar surface area (TPSA) is 16.4 Å². The first kappa shape index (κ1) is 18.0. The highest BCUT2D eigenvalue weighted by atomic mass is 16.3. The van der Waals surface area contributed by atoms with Crippen LogP contribution in [0.5, 0.6) is 0 Å². The van der Waals surface area contributed by atoms with Crippen LogP contribution in [0.2, 0.25) is 0 Å². The van der Waals surface area contributed by atoms with E-state index in [0.717, 1.165) is 38.3 Å². The summed E-state index contributed by atoms with van der Waals surface area (Å²) in [6, 6.07) is 18.4. The van der Waals surface area contributed by atoms with E-state index < -0.39 is 173 Å². The highest BCUT2D eigenvalue weighted by molar-refractivity contribution is 6.22. The number of furan rings is 1. The van der Waals surface area contributed by atoms with Gasteiger partial charge in [-0.25, -0.2) is 0 Å². The zero-order valence-electron chi connectivity index (χ0n) is 56.2. The molecule has 0 saturated carbocycles. The summed E-state index contributed by atoms with van der Waals surface area (Å²) in [6.07, 6.45) is 0. The zero-order valence-corrected chi connectivity index (χ0v) is 31.2. The molecule has 2 nitrogen and oxygen atoms in total. The molecule has 1 heterocycles. The van der Waals surface area contributed by atoms with Crippen molar-refractivity contribution in [1.29, 1.82) is 0 Å². The van der Waals surface area contributed by atoms with Crippen LogP contribution < -0.4 is 4.90 Å². The predicted octanol–water partition coefficient (Wildman–Crippen LogP) is 16.2. The molecule has 0 atom stereocenters. The second kappa shape index (κ2) is 12.7. The molecule has 60 heavy (non-hydrogen) atoms. The standard InChI is InChI=1S/C58H43NO/c1-57(2)50-22-12-10-18-43(50)45-31-29-39(33-52(45)57)59(40-30-32-46-44-19-11-13-23-51(44)58(3,4)53(46)34-40)38-27-25-37(26-28-38)48-35-49-55-41(36-15-6-5-7-16-36)21-14-24-54(55)60-56(49)47-20-9-8-17-42(47)48/h5-35H,1-4H3/i1D3,2D3,3D3,4D3,10D,11D,12D,13D,18D,19D,22D,23D,29D,31D,32D,33D,34D. The number of hydrogen-bond donors (Lipinski definition) is 0. The van der Waals surface area contributed by atoms with Crippen molar-refractivity contribution in [2.75, 3.05) is 4.90 Å². The molecule has 0 spiro atoms. The predicted molar refractivity (Wildman–Crippen MR) is 252 cm³/mol. The first-order valence-corrected chi connectivity index (χ1v) is 19.0. The zero-order chi connectivity index (χ0) is 61.6. The van der Waals surface area contributed by atoms with Crippen LogP contribution >= 0.6 is 0 Å². The minimum absolute atomic E-state index is 0.204. The maximum atomic E-state index is 10.2. The Bertz CT molecular complexity index is 4550. The number of benzene rings is 9. The van der Waals surface area contributed by atoms with Gasteiger partial charge in [0.25, 0.3) is 0 Å². The molecular formula is C58H43NO. The summed E-state index contributed by atoms with van der Waals surface area (Å²) in [6.45, 7) is -15.3. The molecule has 0 fully saturated rings. The van der Waals surface area contributed by atoms with Crippen LogP contribution in [-0.2, 0) is 10.8 Å². The number of fused-ring (bicyclic) bond motifs is 11. The summed E-state index contributed by atoms with van der Waals surface area (Å²) in [5, 5.41) is 2.97. The lowest BCUT2D eigenvalue weighted by Crippen LogP contribution is -2.18. The Morgan fingerprint density at radius 2 is 1.07 bits per heavy atom. The molecular weight excluding hydrogens is 727 g/mol. The first-order chi connectivity index (χ1) is 39.7. The number of rotatable bonds is 5. The minimum Gasteiger partial charge on any atom is -0.455 e. The number of hydrogen-bond acceptors (Lipinski definition) is 2. The van der Waals surface area contributed by atoms with Crippen molar-refractivity contribution in [1.82, 2.24) is 0 Å². The molecule has 2 aliphatic carbocycles. The quantitative estimate of drug-likeness (QED) is 0.173. The van der Waals surface area contributed by atoms with E-state index >= 15 is 0 Å². The fourth-order valence-electron chi connectivity index (χ4n) is 8.75. The van der Waals surface area contributed by atoms with Gasteiger partial charge in [-0.05, 0) is 121 Å². The van der Waals surface area contributed by atoms with E-state index in [-0.39, 0.29) is 5.69 Å².